The predicted octanol–water partition coefficient (Wildman–Crippen LogP) is 3.13. The third-order valence-electron chi connectivity index (χ3n) is 3.34. The molecule has 0 bridgehead atoms. The van der Waals surface area contributed by atoms with Crippen LogP contribution in [0, 0.1) is 6.92 Å². The monoisotopic (exact) mass is 276 g/mol. The quantitative estimate of drug-likeness (QED) is 0.736. The second-order valence-corrected chi connectivity index (χ2v) is 4.99. The molecule has 1 heterocycles. The molecule has 0 saturated heterocycles. The van der Waals surface area contributed by atoms with Crippen LogP contribution in [0.15, 0.2) is 71.5 Å². The number of benzene rings is 2. The van der Waals surface area contributed by atoms with E-state index >= 15 is 0 Å². The summed E-state index contributed by atoms with van der Waals surface area (Å²) in [5, 5.41) is 0. The largest absolute Gasteiger partial charge is 0.269 e. The van der Waals surface area contributed by atoms with Crippen LogP contribution in [-0.2, 0) is 6.42 Å². The summed E-state index contributed by atoms with van der Waals surface area (Å²) in [6, 6.07) is 21.3. The van der Waals surface area contributed by atoms with E-state index in [9.17, 15) is 4.79 Å². The number of nitrogens with zero attached hydrogens (tertiary/aromatic N) is 2. The van der Waals surface area contributed by atoms with E-state index in [0.717, 1.165) is 22.8 Å². The molecule has 104 valence electrons. The number of aryl methyl sites for hydroxylation is 1. The van der Waals surface area contributed by atoms with Gasteiger partial charge in [0.05, 0.1) is 5.69 Å². The zero-order valence-electron chi connectivity index (χ0n) is 11.9. The van der Waals surface area contributed by atoms with Crippen molar-refractivity contribution in [2.45, 2.75) is 13.3 Å². The second-order valence-electron chi connectivity index (χ2n) is 4.99. The topological polar surface area (TPSA) is 34.9 Å². The van der Waals surface area contributed by atoms with E-state index in [-0.39, 0.29) is 5.56 Å². The average Bonchev–Trinajstić information content (AvgIpc) is 2.48. The van der Waals surface area contributed by atoms with Gasteiger partial charge in [-0.3, -0.25) is 9.36 Å². The fourth-order valence-corrected chi connectivity index (χ4v) is 2.41. The smallest absolute Gasteiger partial charge is 0.258 e. The number of rotatable bonds is 3. The van der Waals surface area contributed by atoms with Crippen LogP contribution < -0.4 is 5.56 Å². The van der Waals surface area contributed by atoms with Crippen LogP contribution in [0.3, 0.4) is 0 Å². The minimum atomic E-state index is -0.0420. The molecule has 21 heavy (non-hydrogen) atoms. The Kier molecular flexibility index (Phi) is 3.65. The van der Waals surface area contributed by atoms with Crippen molar-refractivity contribution in [1.29, 1.82) is 0 Å². The minimum Gasteiger partial charge on any atom is -0.269 e. The Labute approximate surface area is 123 Å². The molecule has 0 aliphatic heterocycles. The molecule has 0 N–H and O–H groups in total. The van der Waals surface area contributed by atoms with Crippen molar-refractivity contribution < 1.29 is 0 Å². The zero-order valence-corrected chi connectivity index (χ0v) is 11.9. The maximum Gasteiger partial charge on any atom is 0.258 e. The summed E-state index contributed by atoms with van der Waals surface area (Å²) in [4.78, 5) is 16.9. The zero-order chi connectivity index (χ0) is 14.7. The molecule has 3 heteroatoms. The molecule has 0 saturated carbocycles. The first kappa shape index (κ1) is 13.3. The first-order valence-corrected chi connectivity index (χ1v) is 6.93. The van der Waals surface area contributed by atoms with Crippen LogP contribution in [-0.4, -0.2) is 9.55 Å². The van der Waals surface area contributed by atoms with E-state index in [1.54, 1.807) is 10.6 Å². The Hall–Kier alpha value is -2.68. The minimum absolute atomic E-state index is 0.0420. The van der Waals surface area contributed by atoms with E-state index in [1.165, 1.54) is 0 Å². The Morgan fingerprint density at radius 1 is 0.952 bits per heavy atom. The average molecular weight is 276 g/mol. The molecule has 3 aromatic rings. The van der Waals surface area contributed by atoms with E-state index in [4.69, 9.17) is 0 Å². The van der Waals surface area contributed by atoms with Gasteiger partial charge in [0.25, 0.3) is 5.56 Å². The highest BCUT2D eigenvalue weighted by Crippen LogP contribution is 2.11. The second kappa shape index (κ2) is 5.75. The summed E-state index contributed by atoms with van der Waals surface area (Å²) >= 11 is 0. The lowest BCUT2D eigenvalue weighted by Crippen LogP contribution is -2.23. The molecule has 1 aromatic heterocycles. The van der Waals surface area contributed by atoms with Crippen LogP contribution in [0.2, 0.25) is 0 Å². The van der Waals surface area contributed by atoms with Crippen molar-refractivity contribution in [3.63, 3.8) is 0 Å². The SMILES string of the molecule is Cc1cc(=O)n(-c2ccccc2)c(Cc2ccccc2)n1. The maximum atomic E-state index is 12.4. The van der Waals surface area contributed by atoms with E-state index in [2.05, 4.69) is 4.98 Å². The Morgan fingerprint density at radius 2 is 1.57 bits per heavy atom. The van der Waals surface area contributed by atoms with Gasteiger partial charge in [-0.25, -0.2) is 4.98 Å². The van der Waals surface area contributed by atoms with Crippen LogP contribution in [0.4, 0.5) is 0 Å². The molecular formula is C18H16N2O. The highest BCUT2D eigenvalue weighted by molar-refractivity contribution is 5.34. The number of para-hydroxylation sites is 1. The molecule has 0 amide bonds. The van der Waals surface area contributed by atoms with Crippen LogP contribution in [0.1, 0.15) is 17.1 Å². The maximum absolute atomic E-state index is 12.4. The predicted molar refractivity (Wildman–Crippen MR) is 83.8 cm³/mol. The van der Waals surface area contributed by atoms with E-state index in [1.807, 2.05) is 67.6 Å². The third kappa shape index (κ3) is 2.92. The van der Waals surface area contributed by atoms with Crippen molar-refractivity contribution in [2.75, 3.05) is 0 Å². The summed E-state index contributed by atoms with van der Waals surface area (Å²) in [5.74, 6) is 0.761. The van der Waals surface area contributed by atoms with Gasteiger partial charge in [-0.2, -0.15) is 0 Å². The van der Waals surface area contributed by atoms with Gasteiger partial charge in [-0.15, -0.1) is 0 Å². The van der Waals surface area contributed by atoms with Gasteiger partial charge < -0.3 is 0 Å². The third-order valence-corrected chi connectivity index (χ3v) is 3.34. The summed E-state index contributed by atoms with van der Waals surface area (Å²) in [7, 11) is 0. The lowest BCUT2D eigenvalue weighted by Gasteiger charge is -2.12. The lowest BCUT2D eigenvalue weighted by atomic mass is 10.1. The Balaban J connectivity index is 2.13. The molecule has 2 aromatic carbocycles. The van der Waals surface area contributed by atoms with Crippen LogP contribution in [0.5, 0.6) is 0 Å². The van der Waals surface area contributed by atoms with Gasteiger partial charge in [-0.05, 0) is 24.6 Å². The van der Waals surface area contributed by atoms with Gasteiger partial charge >= 0.3 is 0 Å². The molecule has 0 radical (unpaired) electrons. The molecule has 0 unspecified atom stereocenters. The summed E-state index contributed by atoms with van der Waals surface area (Å²) < 4.78 is 1.68. The van der Waals surface area contributed by atoms with Crippen LogP contribution in [0.25, 0.3) is 5.69 Å². The first-order chi connectivity index (χ1) is 10.2. The summed E-state index contributed by atoms with van der Waals surface area (Å²) in [6.45, 7) is 1.85. The van der Waals surface area contributed by atoms with Crippen molar-refractivity contribution in [3.05, 3.63) is 94.2 Å². The van der Waals surface area contributed by atoms with Gasteiger partial charge in [0.15, 0.2) is 0 Å². The molecule has 0 aliphatic rings. The summed E-state index contributed by atoms with van der Waals surface area (Å²) in [5.41, 5.74) is 2.69. The molecule has 0 fully saturated rings. The van der Waals surface area contributed by atoms with Crippen LogP contribution >= 0.6 is 0 Å². The molecule has 0 spiro atoms. The molecule has 3 nitrogen and oxygen atoms in total. The highest BCUT2D eigenvalue weighted by atomic mass is 16.1. The van der Waals surface area contributed by atoms with Crippen molar-refractivity contribution in [1.82, 2.24) is 9.55 Å². The number of hydrogen-bond acceptors (Lipinski definition) is 2. The summed E-state index contributed by atoms with van der Waals surface area (Å²) in [6.07, 6.45) is 0.632. The van der Waals surface area contributed by atoms with Crippen molar-refractivity contribution in [2.24, 2.45) is 0 Å². The number of aromatic nitrogens is 2. The fraction of sp³-hybridized carbons (Fsp3) is 0.111. The van der Waals surface area contributed by atoms with Gasteiger partial charge in [0, 0.05) is 18.2 Å². The number of hydrogen-bond donors (Lipinski definition) is 0. The lowest BCUT2D eigenvalue weighted by molar-refractivity contribution is 0.815. The highest BCUT2D eigenvalue weighted by Gasteiger charge is 2.09. The normalized spacial score (nSPS) is 10.5. The van der Waals surface area contributed by atoms with Crippen molar-refractivity contribution >= 4 is 0 Å². The van der Waals surface area contributed by atoms with Gasteiger partial charge in [0.2, 0.25) is 0 Å². The first-order valence-electron chi connectivity index (χ1n) is 6.93. The van der Waals surface area contributed by atoms with Crippen molar-refractivity contribution in [3.8, 4) is 5.69 Å². The van der Waals surface area contributed by atoms with E-state index in [0.29, 0.717) is 6.42 Å². The molecule has 3 rings (SSSR count). The Bertz CT molecular complexity index is 792. The van der Waals surface area contributed by atoms with Gasteiger partial charge in [0.1, 0.15) is 5.82 Å². The molecule has 0 atom stereocenters. The van der Waals surface area contributed by atoms with E-state index < -0.39 is 0 Å². The molecular weight excluding hydrogens is 260 g/mol. The Morgan fingerprint density at radius 3 is 2.24 bits per heavy atom. The fourth-order valence-electron chi connectivity index (χ4n) is 2.41. The van der Waals surface area contributed by atoms with Gasteiger partial charge in [-0.1, -0.05) is 48.5 Å². The molecule has 0 aliphatic carbocycles. The standard InChI is InChI=1S/C18H16N2O/c1-14-12-18(21)20(16-10-6-3-7-11-16)17(19-14)13-15-8-4-2-5-9-15/h2-12H,13H2,1H3.